The molecular weight excluding hydrogens is 308 g/mol. The van der Waals surface area contributed by atoms with E-state index < -0.39 is 0 Å². The van der Waals surface area contributed by atoms with Crippen LogP contribution in [-0.2, 0) is 16.0 Å². The number of amides is 1. The molecule has 2 aromatic rings. The molecule has 0 N–H and O–H groups in total. The van der Waals surface area contributed by atoms with Crippen LogP contribution in [0.3, 0.4) is 0 Å². The molecule has 23 heavy (non-hydrogen) atoms. The molecule has 4 nitrogen and oxygen atoms in total. The molecule has 0 aliphatic carbocycles. The van der Waals surface area contributed by atoms with E-state index in [1.807, 2.05) is 17.0 Å². The number of anilines is 1. The smallest absolute Gasteiger partial charge is 0.227 e. The molecule has 0 aromatic carbocycles. The average molecular weight is 330 g/mol. The van der Waals surface area contributed by atoms with Crippen LogP contribution in [0.2, 0.25) is 0 Å². The third kappa shape index (κ3) is 4.62. The highest BCUT2D eigenvalue weighted by Gasteiger charge is 2.23. The van der Waals surface area contributed by atoms with Crippen molar-refractivity contribution in [2.45, 2.75) is 38.2 Å². The van der Waals surface area contributed by atoms with Gasteiger partial charge in [0, 0.05) is 36.0 Å². The van der Waals surface area contributed by atoms with E-state index in [9.17, 15) is 4.79 Å². The lowest BCUT2D eigenvalue weighted by atomic mass is 10.1. The number of nitrogens with zero attached hydrogens (tertiary/aromatic N) is 2. The van der Waals surface area contributed by atoms with Crippen molar-refractivity contribution in [3.05, 3.63) is 46.9 Å². The van der Waals surface area contributed by atoms with Crippen LogP contribution >= 0.6 is 11.3 Å². The maximum atomic E-state index is 12.7. The SMILES string of the molecule is O=C(CCCc1cccs1)N(C[C@H]1CCCO1)c1ccncc1. The van der Waals surface area contributed by atoms with Gasteiger partial charge in [-0.15, -0.1) is 11.3 Å². The lowest BCUT2D eigenvalue weighted by molar-refractivity contribution is -0.119. The van der Waals surface area contributed by atoms with Crippen LogP contribution in [0, 0.1) is 0 Å². The highest BCUT2D eigenvalue weighted by Crippen LogP contribution is 2.20. The standard InChI is InChI=1S/C18H22N2O2S/c21-18(7-1-5-17-6-3-13-23-17)20(14-16-4-2-12-22-16)15-8-10-19-11-9-15/h3,6,8-11,13,16H,1-2,4-5,7,12,14H2/t16-/m1/s1. The fourth-order valence-corrected chi connectivity index (χ4v) is 3.62. The maximum absolute atomic E-state index is 12.7. The maximum Gasteiger partial charge on any atom is 0.227 e. The summed E-state index contributed by atoms with van der Waals surface area (Å²) in [7, 11) is 0. The molecule has 5 heteroatoms. The Kier molecular flexibility index (Phi) is 5.77. The first-order valence-electron chi connectivity index (χ1n) is 8.17. The van der Waals surface area contributed by atoms with Gasteiger partial charge in [-0.2, -0.15) is 0 Å². The van der Waals surface area contributed by atoms with Crippen molar-refractivity contribution >= 4 is 22.9 Å². The molecule has 1 atom stereocenters. The molecule has 1 amide bonds. The molecular formula is C18H22N2O2S. The largest absolute Gasteiger partial charge is 0.376 e. The van der Waals surface area contributed by atoms with Crippen LogP contribution in [0.15, 0.2) is 42.0 Å². The molecule has 0 saturated carbocycles. The lowest BCUT2D eigenvalue weighted by Crippen LogP contribution is -2.37. The molecule has 1 saturated heterocycles. The zero-order chi connectivity index (χ0) is 15.9. The Bertz CT molecular complexity index is 595. The summed E-state index contributed by atoms with van der Waals surface area (Å²) in [4.78, 5) is 20.0. The van der Waals surface area contributed by atoms with Gasteiger partial charge < -0.3 is 9.64 Å². The number of hydrogen-bond donors (Lipinski definition) is 0. The second kappa shape index (κ2) is 8.22. The molecule has 3 heterocycles. The average Bonchev–Trinajstić information content (AvgIpc) is 3.27. The first-order valence-corrected chi connectivity index (χ1v) is 9.05. The van der Waals surface area contributed by atoms with Crippen molar-refractivity contribution in [3.8, 4) is 0 Å². The van der Waals surface area contributed by atoms with Crippen molar-refractivity contribution in [3.63, 3.8) is 0 Å². The quantitative estimate of drug-likeness (QED) is 0.778. The molecule has 122 valence electrons. The second-order valence-corrected chi connectivity index (χ2v) is 6.81. The lowest BCUT2D eigenvalue weighted by Gasteiger charge is -2.25. The van der Waals surface area contributed by atoms with E-state index in [4.69, 9.17) is 4.74 Å². The van der Waals surface area contributed by atoms with Gasteiger partial charge in [0.05, 0.1) is 12.6 Å². The molecule has 0 bridgehead atoms. The van der Waals surface area contributed by atoms with E-state index in [2.05, 4.69) is 22.5 Å². The number of aromatic nitrogens is 1. The van der Waals surface area contributed by atoms with Crippen LogP contribution in [0.5, 0.6) is 0 Å². The molecule has 1 fully saturated rings. The minimum absolute atomic E-state index is 0.157. The van der Waals surface area contributed by atoms with Crippen molar-refractivity contribution < 1.29 is 9.53 Å². The van der Waals surface area contributed by atoms with Gasteiger partial charge in [0.15, 0.2) is 0 Å². The van der Waals surface area contributed by atoms with E-state index in [1.54, 1.807) is 23.7 Å². The zero-order valence-electron chi connectivity index (χ0n) is 13.2. The Morgan fingerprint density at radius 3 is 2.91 bits per heavy atom. The summed E-state index contributed by atoms with van der Waals surface area (Å²) in [5.74, 6) is 0.170. The van der Waals surface area contributed by atoms with Gasteiger partial charge in [0.2, 0.25) is 5.91 Å². The fourth-order valence-electron chi connectivity index (χ4n) is 2.87. The van der Waals surface area contributed by atoms with Gasteiger partial charge in [-0.25, -0.2) is 0 Å². The van der Waals surface area contributed by atoms with Crippen molar-refractivity contribution in [1.29, 1.82) is 0 Å². The van der Waals surface area contributed by atoms with Gasteiger partial charge in [-0.05, 0) is 49.3 Å². The van der Waals surface area contributed by atoms with Gasteiger partial charge in [0.25, 0.3) is 0 Å². The highest BCUT2D eigenvalue weighted by atomic mass is 32.1. The monoisotopic (exact) mass is 330 g/mol. The molecule has 0 spiro atoms. The first-order chi connectivity index (χ1) is 11.3. The number of hydrogen-bond acceptors (Lipinski definition) is 4. The molecule has 2 aromatic heterocycles. The Hall–Kier alpha value is -1.72. The third-order valence-corrected chi connectivity index (χ3v) is 5.02. The Balaban J connectivity index is 1.60. The van der Waals surface area contributed by atoms with Crippen LogP contribution in [0.1, 0.15) is 30.6 Å². The number of thiophene rings is 1. The Labute approximate surface area is 141 Å². The van der Waals surface area contributed by atoms with Crippen LogP contribution < -0.4 is 4.90 Å². The van der Waals surface area contributed by atoms with Crippen LogP contribution in [0.4, 0.5) is 5.69 Å². The summed E-state index contributed by atoms with van der Waals surface area (Å²) in [5.41, 5.74) is 0.914. The number of carbonyl (C=O) groups is 1. The topological polar surface area (TPSA) is 42.4 Å². The Morgan fingerprint density at radius 1 is 1.35 bits per heavy atom. The summed E-state index contributed by atoms with van der Waals surface area (Å²) in [5, 5.41) is 2.08. The highest BCUT2D eigenvalue weighted by molar-refractivity contribution is 7.09. The molecule has 3 rings (SSSR count). The minimum atomic E-state index is 0.157. The van der Waals surface area contributed by atoms with Crippen molar-refractivity contribution in [2.24, 2.45) is 0 Å². The number of rotatable bonds is 7. The van der Waals surface area contributed by atoms with Gasteiger partial charge in [0.1, 0.15) is 0 Å². The van der Waals surface area contributed by atoms with Crippen LogP contribution in [0.25, 0.3) is 0 Å². The minimum Gasteiger partial charge on any atom is -0.376 e. The van der Waals surface area contributed by atoms with Crippen molar-refractivity contribution in [2.75, 3.05) is 18.1 Å². The summed E-state index contributed by atoms with van der Waals surface area (Å²) < 4.78 is 5.71. The van der Waals surface area contributed by atoms with Gasteiger partial charge in [-0.1, -0.05) is 6.07 Å². The van der Waals surface area contributed by atoms with Crippen molar-refractivity contribution in [1.82, 2.24) is 4.98 Å². The second-order valence-electron chi connectivity index (χ2n) is 5.78. The first kappa shape index (κ1) is 16.1. The fraction of sp³-hybridized carbons (Fsp3) is 0.444. The number of pyridine rings is 1. The summed E-state index contributed by atoms with van der Waals surface area (Å²) in [6, 6.07) is 7.98. The number of carbonyl (C=O) groups excluding carboxylic acids is 1. The van der Waals surface area contributed by atoms with E-state index in [-0.39, 0.29) is 12.0 Å². The Morgan fingerprint density at radius 2 is 2.22 bits per heavy atom. The summed E-state index contributed by atoms with van der Waals surface area (Å²) in [6.07, 6.45) is 8.15. The molecule has 1 aliphatic heterocycles. The summed E-state index contributed by atoms with van der Waals surface area (Å²) in [6.45, 7) is 1.45. The number of aryl methyl sites for hydroxylation is 1. The molecule has 0 radical (unpaired) electrons. The normalized spacial score (nSPS) is 17.3. The van der Waals surface area contributed by atoms with E-state index in [0.29, 0.717) is 13.0 Å². The van der Waals surface area contributed by atoms with E-state index >= 15 is 0 Å². The third-order valence-electron chi connectivity index (χ3n) is 4.08. The number of ether oxygens (including phenoxy) is 1. The van der Waals surface area contributed by atoms with E-state index in [1.165, 1.54) is 4.88 Å². The predicted octanol–water partition coefficient (Wildman–Crippen LogP) is 3.68. The van der Waals surface area contributed by atoms with E-state index in [0.717, 1.165) is 38.0 Å². The zero-order valence-corrected chi connectivity index (χ0v) is 14.0. The van der Waals surface area contributed by atoms with Gasteiger partial charge in [-0.3, -0.25) is 9.78 Å². The predicted molar refractivity (Wildman–Crippen MR) is 92.8 cm³/mol. The van der Waals surface area contributed by atoms with Gasteiger partial charge >= 0.3 is 0 Å². The summed E-state index contributed by atoms with van der Waals surface area (Å²) >= 11 is 1.75. The van der Waals surface area contributed by atoms with Crippen LogP contribution in [-0.4, -0.2) is 30.1 Å². The molecule has 1 aliphatic rings. The molecule has 0 unspecified atom stereocenters.